The van der Waals surface area contributed by atoms with Gasteiger partial charge in [-0.2, -0.15) is 13.2 Å². The molecule has 0 bridgehead atoms. The van der Waals surface area contributed by atoms with Crippen molar-refractivity contribution in [2.75, 3.05) is 18.5 Å². The van der Waals surface area contributed by atoms with E-state index in [0.717, 1.165) is 41.9 Å². The molecule has 0 aromatic heterocycles. The second kappa shape index (κ2) is 8.33. The van der Waals surface area contributed by atoms with Gasteiger partial charge in [0.25, 0.3) is 11.6 Å². The van der Waals surface area contributed by atoms with E-state index in [-0.39, 0.29) is 35.9 Å². The summed E-state index contributed by atoms with van der Waals surface area (Å²) in [5, 5.41) is 17.5. The van der Waals surface area contributed by atoms with Gasteiger partial charge in [0.15, 0.2) is 0 Å². The number of nitrogens with one attached hydrogen (secondary N) is 2. The van der Waals surface area contributed by atoms with E-state index in [1.165, 1.54) is 6.07 Å². The smallest absolute Gasteiger partial charge is 0.381 e. The largest absolute Gasteiger partial charge is 0.416 e. The third-order valence-corrected chi connectivity index (χ3v) is 6.45. The van der Waals surface area contributed by atoms with E-state index < -0.39 is 28.0 Å². The lowest BCUT2D eigenvalue weighted by Crippen LogP contribution is -2.51. The van der Waals surface area contributed by atoms with Crippen LogP contribution in [0.4, 0.5) is 24.5 Å². The summed E-state index contributed by atoms with van der Waals surface area (Å²) in [5.41, 5.74) is 0.416. The van der Waals surface area contributed by atoms with Crippen LogP contribution in [-0.4, -0.2) is 30.0 Å². The summed E-state index contributed by atoms with van der Waals surface area (Å²) < 4.78 is 44.2. The number of halogens is 3. The molecule has 33 heavy (non-hydrogen) atoms. The fourth-order valence-corrected chi connectivity index (χ4v) is 4.68. The zero-order valence-corrected chi connectivity index (χ0v) is 18.1. The van der Waals surface area contributed by atoms with E-state index in [1.807, 2.05) is 13.8 Å². The third-order valence-electron chi connectivity index (χ3n) is 6.45. The number of ether oxygens (including phenoxy) is 1. The first-order chi connectivity index (χ1) is 15.5. The van der Waals surface area contributed by atoms with Crippen LogP contribution in [0.15, 0.2) is 42.5 Å². The van der Waals surface area contributed by atoms with Gasteiger partial charge in [-0.15, -0.1) is 0 Å². The molecule has 0 aliphatic carbocycles. The average Bonchev–Trinajstić information content (AvgIpc) is 3.26. The summed E-state index contributed by atoms with van der Waals surface area (Å²) >= 11 is 0. The van der Waals surface area contributed by atoms with Gasteiger partial charge in [0.05, 0.1) is 16.6 Å². The Labute approximate surface area is 188 Å². The number of amides is 1. The highest BCUT2D eigenvalue weighted by Gasteiger charge is 2.47. The molecule has 0 saturated carbocycles. The Morgan fingerprint density at radius 3 is 2.55 bits per heavy atom. The summed E-state index contributed by atoms with van der Waals surface area (Å²) in [4.78, 5) is 23.3. The van der Waals surface area contributed by atoms with Crippen molar-refractivity contribution in [3.63, 3.8) is 0 Å². The standard InChI is InChI=1S/C23H24F3N3O4/c1-22(2,12-27-21(30)13-3-5-14(6-4-13)23(24,25)26)20-16-9-10-33-19(16)17-11-15(29(31)32)7-8-18(17)28-20/h3-8,11,16,19-20,28H,9-10,12H2,1-2H3,(H,27,30). The first-order valence-corrected chi connectivity index (χ1v) is 10.6. The summed E-state index contributed by atoms with van der Waals surface area (Å²) in [6.07, 6.45) is -3.97. The number of carbonyl (C=O) groups is 1. The van der Waals surface area contributed by atoms with Gasteiger partial charge in [-0.3, -0.25) is 14.9 Å². The molecule has 1 amide bonds. The van der Waals surface area contributed by atoms with Crippen molar-refractivity contribution in [2.45, 2.75) is 38.6 Å². The summed E-state index contributed by atoms with van der Waals surface area (Å²) in [7, 11) is 0. The molecule has 3 unspecified atom stereocenters. The maximum Gasteiger partial charge on any atom is 0.416 e. The Kier molecular flexibility index (Phi) is 5.81. The molecule has 0 radical (unpaired) electrons. The number of non-ortho nitro benzene ring substituents is 1. The molecule has 2 aliphatic rings. The molecule has 2 heterocycles. The highest BCUT2D eigenvalue weighted by Crippen LogP contribution is 2.49. The average molecular weight is 463 g/mol. The first-order valence-electron chi connectivity index (χ1n) is 10.6. The second-order valence-corrected chi connectivity index (χ2v) is 9.14. The van der Waals surface area contributed by atoms with Crippen LogP contribution in [0.3, 0.4) is 0 Å². The van der Waals surface area contributed by atoms with Gasteiger partial charge in [0.1, 0.15) is 0 Å². The van der Waals surface area contributed by atoms with E-state index >= 15 is 0 Å². The van der Waals surface area contributed by atoms with Crippen LogP contribution in [0.2, 0.25) is 0 Å². The molecule has 2 aromatic rings. The Balaban J connectivity index is 1.49. The molecule has 7 nitrogen and oxygen atoms in total. The van der Waals surface area contributed by atoms with Gasteiger partial charge >= 0.3 is 6.18 Å². The molecule has 1 saturated heterocycles. The molecule has 3 atom stereocenters. The van der Waals surface area contributed by atoms with Gasteiger partial charge in [-0.05, 0) is 36.8 Å². The lowest BCUT2D eigenvalue weighted by atomic mass is 9.71. The van der Waals surface area contributed by atoms with Crippen LogP contribution in [0.5, 0.6) is 0 Å². The van der Waals surface area contributed by atoms with Crippen molar-refractivity contribution >= 4 is 17.3 Å². The molecular formula is C23H24F3N3O4. The fourth-order valence-electron chi connectivity index (χ4n) is 4.68. The van der Waals surface area contributed by atoms with E-state index in [9.17, 15) is 28.1 Å². The number of fused-ring (bicyclic) bond motifs is 3. The van der Waals surface area contributed by atoms with Crippen molar-refractivity contribution in [3.8, 4) is 0 Å². The molecule has 0 spiro atoms. The van der Waals surface area contributed by atoms with Crippen LogP contribution in [-0.2, 0) is 10.9 Å². The number of nitrogens with zero attached hydrogens (tertiary/aromatic N) is 1. The number of alkyl halides is 3. The monoisotopic (exact) mass is 463 g/mol. The molecule has 1 fully saturated rings. The Bertz CT molecular complexity index is 1070. The number of nitro groups is 1. The second-order valence-electron chi connectivity index (χ2n) is 9.14. The predicted octanol–water partition coefficient (Wildman–Crippen LogP) is 4.94. The number of rotatable bonds is 5. The molecule has 2 N–H and O–H groups in total. The van der Waals surface area contributed by atoms with Crippen LogP contribution >= 0.6 is 0 Å². The van der Waals surface area contributed by atoms with Crippen LogP contribution < -0.4 is 10.6 Å². The minimum atomic E-state index is -4.46. The van der Waals surface area contributed by atoms with Gasteiger partial charge < -0.3 is 15.4 Å². The van der Waals surface area contributed by atoms with Crippen molar-refractivity contribution in [2.24, 2.45) is 11.3 Å². The SMILES string of the molecule is CC(C)(CNC(=O)c1ccc(C(F)(F)F)cc1)C1Nc2ccc([N+](=O)[O-])cc2C2OCCC21. The van der Waals surface area contributed by atoms with Crippen molar-refractivity contribution in [1.82, 2.24) is 5.32 Å². The molecule has 10 heteroatoms. The highest BCUT2D eigenvalue weighted by atomic mass is 19.4. The van der Waals surface area contributed by atoms with Crippen LogP contribution in [0.25, 0.3) is 0 Å². The van der Waals surface area contributed by atoms with E-state index in [0.29, 0.717) is 6.61 Å². The number of anilines is 1. The first kappa shape index (κ1) is 23.0. The number of hydrogen-bond donors (Lipinski definition) is 2. The normalized spacial score (nSPS) is 22.2. The van der Waals surface area contributed by atoms with E-state index in [1.54, 1.807) is 12.1 Å². The van der Waals surface area contributed by atoms with Crippen LogP contribution in [0, 0.1) is 21.4 Å². The number of benzene rings is 2. The third kappa shape index (κ3) is 4.52. The molecule has 176 valence electrons. The fraction of sp³-hybridized carbons (Fsp3) is 0.435. The van der Waals surface area contributed by atoms with Crippen LogP contribution in [0.1, 0.15) is 47.9 Å². The lowest BCUT2D eigenvalue weighted by Gasteiger charge is -2.44. The molecule has 4 rings (SSSR count). The van der Waals surface area contributed by atoms with Crippen molar-refractivity contribution in [1.29, 1.82) is 0 Å². The molecule has 2 aromatic carbocycles. The van der Waals surface area contributed by atoms with E-state index in [4.69, 9.17) is 4.74 Å². The minimum Gasteiger partial charge on any atom is -0.381 e. The summed E-state index contributed by atoms with van der Waals surface area (Å²) in [5.74, 6) is -0.402. The quantitative estimate of drug-likeness (QED) is 0.484. The predicted molar refractivity (Wildman–Crippen MR) is 115 cm³/mol. The zero-order chi connectivity index (χ0) is 24.0. The minimum absolute atomic E-state index is 0.00585. The van der Waals surface area contributed by atoms with Gasteiger partial charge in [0.2, 0.25) is 0 Å². The van der Waals surface area contributed by atoms with Crippen molar-refractivity contribution in [3.05, 3.63) is 69.3 Å². The van der Waals surface area contributed by atoms with E-state index in [2.05, 4.69) is 10.6 Å². The highest BCUT2D eigenvalue weighted by molar-refractivity contribution is 5.94. The van der Waals surface area contributed by atoms with Gasteiger partial charge in [-0.25, -0.2) is 0 Å². The Morgan fingerprint density at radius 1 is 1.21 bits per heavy atom. The maximum atomic E-state index is 12.8. The summed E-state index contributed by atoms with van der Waals surface area (Å²) in [6.45, 7) is 4.78. The number of carbonyl (C=O) groups excluding carboxylic acids is 1. The summed E-state index contributed by atoms with van der Waals surface area (Å²) in [6, 6.07) is 8.67. The lowest BCUT2D eigenvalue weighted by molar-refractivity contribution is -0.385. The number of hydrogen-bond acceptors (Lipinski definition) is 5. The van der Waals surface area contributed by atoms with Gasteiger partial charge in [0, 0.05) is 59.5 Å². The maximum absolute atomic E-state index is 12.8. The Hall–Kier alpha value is -3.14. The topological polar surface area (TPSA) is 93.5 Å². The number of nitro benzene ring substituents is 1. The van der Waals surface area contributed by atoms with Gasteiger partial charge in [-0.1, -0.05) is 13.8 Å². The molecule has 2 aliphatic heterocycles. The zero-order valence-electron chi connectivity index (χ0n) is 18.1. The van der Waals surface area contributed by atoms with Crippen molar-refractivity contribution < 1.29 is 27.6 Å². The molecular weight excluding hydrogens is 439 g/mol. The Morgan fingerprint density at radius 2 is 1.91 bits per heavy atom.